The largest absolute Gasteiger partial charge is 0.512 e. The molecule has 0 amide bonds. The molecule has 0 saturated carbocycles. The molecule has 0 bridgehead atoms. The first kappa shape index (κ1) is 18.5. The molecule has 0 unspecified atom stereocenters. The van der Waals surface area contributed by atoms with Crippen molar-refractivity contribution in [3.63, 3.8) is 0 Å². The van der Waals surface area contributed by atoms with Gasteiger partial charge in [-0.2, -0.15) is 0 Å². The fourth-order valence-electron chi connectivity index (χ4n) is 2.48. The lowest BCUT2D eigenvalue weighted by Crippen LogP contribution is -2.11. The molecular weight excluding hydrogens is 398 g/mol. The van der Waals surface area contributed by atoms with Crippen LogP contribution in [0, 0.1) is 10.1 Å². The fraction of sp³-hybridized carbons (Fsp3) is 0.188. The molecule has 0 saturated heterocycles. The number of hydrogen-bond donors (Lipinski definition) is 3. The van der Waals surface area contributed by atoms with E-state index in [1.54, 1.807) is 13.0 Å². The predicted octanol–water partition coefficient (Wildman–Crippen LogP) is 3.77. The molecule has 2 aromatic carbocycles. The summed E-state index contributed by atoms with van der Waals surface area (Å²) in [4.78, 5) is 22.8. The van der Waals surface area contributed by atoms with E-state index < -0.39 is 39.4 Å². The van der Waals surface area contributed by atoms with E-state index in [0.29, 0.717) is 4.47 Å². The highest BCUT2D eigenvalue weighted by Crippen LogP contribution is 2.48. The average molecular weight is 412 g/mol. The normalized spacial score (nSPS) is 12.0. The maximum atomic E-state index is 12.3. The zero-order chi connectivity index (χ0) is 18.9. The second-order valence-electron chi connectivity index (χ2n) is 5.05. The second kappa shape index (κ2) is 6.98. The highest BCUT2D eigenvalue weighted by Gasteiger charge is 2.34. The number of carbonyl (C=O) groups excluding carboxylic acids is 1. The van der Waals surface area contributed by atoms with E-state index in [4.69, 9.17) is 4.74 Å². The zero-order valence-electron chi connectivity index (χ0n) is 13.2. The van der Waals surface area contributed by atoms with Crippen LogP contribution in [0.5, 0.6) is 11.5 Å². The number of nitro benzene ring substituents is 1. The standard InChI is InChI=1S/C16H14BrNO7/c1-3-25-16(22)11(7(2)19)12-10-6-8(17)4-5-9(10)14(20)15(21)13(12)18(23)24/h4-6,19-21H,3H2,1-2H3. The molecule has 0 radical (unpaired) electrons. The van der Waals surface area contributed by atoms with E-state index in [1.807, 2.05) is 0 Å². The molecule has 2 rings (SSSR count). The van der Waals surface area contributed by atoms with Gasteiger partial charge in [-0.15, -0.1) is 0 Å². The van der Waals surface area contributed by atoms with Crippen LogP contribution in [0.4, 0.5) is 5.69 Å². The van der Waals surface area contributed by atoms with Gasteiger partial charge in [-0.05, 0) is 32.0 Å². The van der Waals surface area contributed by atoms with Gasteiger partial charge in [-0.25, -0.2) is 4.79 Å². The minimum absolute atomic E-state index is 0.0187. The van der Waals surface area contributed by atoms with Crippen molar-refractivity contribution in [3.05, 3.63) is 44.1 Å². The number of allylic oxidation sites excluding steroid dienone is 1. The molecular formula is C16H14BrNO7. The number of fused-ring (bicyclic) bond motifs is 1. The van der Waals surface area contributed by atoms with Crippen LogP contribution < -0.4 is 0 Å². The number of benzene rings is 2. The summed E-state index contributed by atoms with van der Waals surface area (Å²) < 4.78 is 5.38. The quantitative estimate of drug-likeness (QED) is 0.174. The number of phenolic OH excluding ortho intramolecular Hbond substituents is 2. The first-order valence-corrected chi connectivity index (χ1v) is 7.88. The number of rotatable bonds is 4. The summed E-state index contributed by atoms with van der Waals surface area (Å²) in [6, 6.07) is 4.40. The molecule has 2 aromatic rings. The monoisotopic (exact) mass is 411 g/mol. The average Bonchev–Trinajstić information content (AvgIpc) is 2.51. The highest BCUT2D eigenvalue weighted by atomic mass is 79.9. The number of hydrogen-bond acceptors (Lipinski definition) is 7. The van der Waals surface area contributed by atoms with E-state index in [1.165, 1.54) is 19.1 Å². The van der Waals surface area contributed by atoms with Crippen LogP contribution in [0.15, 0.2) is 28.4 Å². The van der Waals surface area contributed by atoms with Gasteiger partial charge in [0.25, 0.3) is 0 Å². The molecule has 0 aliphatic rings. The number of aliphatic hydroxyl groups excluding tert-OH is 1. The Bertz CT molecular complexity index is 917. The molecule has 0 aromatic heterocycles. The summed E-state index contributed by atoms with van der Waals surface area (Å²) in [6.07, 6.45) is 0. The Balaban J connectivity index is 3.08. The van der Waals surface area contributed by atoms with Crippen molar-refractivity contribution in [2.24, 2.45) is 0 Å². The van der Waals surface area contributed by atoms with Gasteiger partial charge in [0.1, 0.15) is 11.3 Å². The maximum absolute atomic E-state index is 12.3. The Hall–Kier alpha value is -2.81. The third-order valence-corrected chi connectivity index (χ3v) is 3.96. The van der Waals surface area contributed by atoms with E-state index in [9.17, 15) is 30.2 Å². The van der Waals surface area contributed by atoms with Gasteiger partial charge in [0.05, 0.1) is 17.1 Å². The number of ether oxygens (including phenoxy) is 1. The summed E-state index contributed by atoms with van der Waals surface area (Å²) in [5.41, 5.74) is -1.71. The van der Waals surface area contributed by atoms with E-state index >= 15 is 0 Å². The summed E-state index contributed by atoms with van der Waals surface area (Å²) in [6.45, 7) is 2.69. The SMILES string of the molecule is CCOC(=O)C(=C(C)O)c1c([N+](=O)[O-])c(O)c(O)c2ccc(Br)cc12. The molecule has 132 valence electrons. The van der Waals surface area contributed by atoms with Gasteiger partial charge >= 0.3 is 11.7 Å². The smallest absolute Gasteiger partial charge is 0.342 e. The van der Waals surface area contributed by atoms with Crippen LogP contribution in [0.1, 0.15) is 19.4 Å². The predicted molar refractivity (Wildman–Crippen MR) is 93.5 cm³/mol. The Morgan fingerprint density at radius 2 is 1.92 bits per heavy atom. The van der Waals surface area contributed by atoms with Crippen LogP contribution in [-0.2, 0) is 9.53 Å². The van der Waals surface area contributed by atoms with Crippen molar-refractivity contribution in [3.8, 4) is 11.5 Å². The van der Waals surface area contributed by atoms with Gasteiger partial charge in [-0.3, -0.25) is 10.1 Å². The number of nitro groups is 1. The molecule has 9 heteroatoms. The summed E-state index contributed by atoms with van der Waals surface area (Å²) in [7, 11) is 0. The number of phenols is 2. The molecule has 0 spiro atoms. The first-order chi connectivity index (χ1) is 11.7. The fourth-order valence-corrected chi connectivity index (χ4v) is 2.84. The van der Waals surface area contributed by atoms with Crippen molar-refractivity contribution in [2.45, 2.75) is 13.8 Å². The Kier molecular flexibility index (Phi) is 5.17. The molecule has 8 nitrogen and oxygen atoms in total. The number of nitrogens with zero attached hydrogens (tertiary/aromatic N) is 1. The lowest BCUT2D eigenvalue weighted by molar-refractivity contribution is -0.386. The van der Waals surface area contributed by atoms with Crippen LogP contribution in [-0.4, -0.2) is 32.8 Å². The van der Waals surface area contributed by atoms with Crippen LogP contribution in [0.2, 0.25) is 0 Å². The second-order valence-corrected chi connectivity index (χ2v) is 5.96. The third kappa shape index (κ3) is 3.22. The van der Waals surface area contributed by atoms with Crippen molar-refractivity contribution in [1.82, 2.24) is 0 Å². The number of aromatic hydroxyl groups is 2. The topological polar surface area (TPSA) is 130 Å². The Labute approximate surface area is 150 Å². The molecule has 0 fully saturated rings. The number of aliphatic hydroxyl groups is 1. The Morgan fingerprint density at radius 1 is 1.28 bits per heavy atom. The Morgan fingerprint density at radius 3 is 2.44 bits per heavy atom. The number of carbonyl (C=O) groups is 1. The zero-order valence-corrected chi connectivity index (χ0v) is 14.8. The van der Waals surface area contributed by atoms with Gasteiger partial charge in [0.15, 0.2) is 5.75 Å². The summed E-state index contributed by atoms with van der Waals surface area (Å²) >= 11 is 3.22. The molecule has 0 aliphatic heterocycles. The molecule has 25 heavy (non-hydrogen) atoms. The van der Waals surface area contributed by atoms with Crippen molar-refractivity contribution < 1.29 is 29.8 Å². The lowest BCUT2D eigenvalue weighted by Gasteiger charge is -2.14. The van der Waals surface area contributed by atoms with Crippen molar-refractivity contribution in [2.75, 3.05) is 6.61 Å². The third-order valence-electron chi connectivity index (χ3n) is 3.47. The molecule has 0 aliphatic carbocycles. The van der Waals surface area contributed by atoms with Crippen molar-refractivity contribution >= 4 is 43.9 Å². The minimum atomic E-state index is -1.00. The molecule has 0 atom stereocenters. The minimum Gasteiger partial charge on any atom is -0.512 e. The summed E-state index contributed by atoms with van der Waals surface area (Å²) in [5, 5.41) is 41.8. The van der Waals surface area contributed by atoms with E-state index in [0.717, 1.165) is 0 Å². The molecule has 0 heterocycles. The molecule has 3 N–H and O–H groups in total. The van der Waals surface area contributed by atoms with Gasteiger partial charge < -0.3 is 20.1 Å². The van der Waals surface area contributed by atoms with E-state index in [2.05, 4.69) is 15.9 Å². The van der Waals surface area contributed by atoms with Crippen LogP contribution in [0.3, 0.4) is 0 Å². The number of halogens is 1. The van der Waals surface area contributed by atoms with E-state index in [-0.39, 0.29) is 22.9 Å². The van der Waals surface area contributed by atoms with Crippen LogP contribution in [0.25, 0.3) is 16.3 Å². The first-order valence-electron chi connectivity index (χ1n) is 7.09. The van der Waals surface area contributed by atoms with Crippen molar-refractivity contribution in [1.29, 1.82) is 0 Å². The van der Waals surface area contributed by atoms with Gasteiger partial charge in [-0.1, -0.05) is 15.9 Å². The van der Waals surface area contributed by atoms with Gasteiger partial charge in [0, 0.05) is 15.2 Å². The van der Waals surface area contributed by atoms with Crippen LogP contribution >= 0.6 is 15.9 Å². The van der Waals surface area contributed by atoms with Gasteiger partial charge in [0.2, 0.25) is 5.75 Å². The maximum Gasteiger partial charge on any atom is 0.342 e. The number of esters is 1. The summed E-state index contributed by atoms with van der Waals surface area (Å²) in [5.74, 6) is -3.21. The lowest BCUT2D eigenvalue weighted by atomic mass is 9.94. The highest BCUT2D eigenvalue weighted by molar-refractivity contribution is 9.10.